The Morgan fingerprint density at radius 3 is 2.67 bits per heavy atom. The van der Waals surface area contributed by atoms with Crippen molar-refractivity contribution >= 4 is 50.0 Å². The number of rotatable bonds is 1. The van der Waals surface area contributed by atoms with Gasteiger partial charge in [-0.05, 0) is 41.9 Å². The van der Waals surface area contributed by atoms with Crippen molar-refractivity contribution in [3.8, 4) is 5.69 Å². The molecular weight excluding hydrogens is 344 g/mol. The van der Waals surface area contributed by atoms with Crippen LogP contribution in [0, 0.1) is 4.77 Å². The van der Waals surface area contributed by atoms with E-state index in [0.29, 0.717) is 4.77 Å². The third-order valence-corrected chi connectivity index (χ3v) is 4.43. The number of H-pyrrole nitrogens is 1. The zero-order valence-corrected chi connectivity index (χ0v) is 13.4. The molecule has 0 amide bonds. The van der Waals surface area contributed by atoms with Gasteiger partial charge in [-0.3, -0.25) is 4.57 Å². The smallest absolute Gasteiger partial charge is 0.182 e. The summed E-state index contributed by atoms with van der Waals surface area (Å²) in [5, 5.41) is 2.41. The van der Waals surface area contributed by atoms with Crippen molar-refractivity contribution in [2.45, 2.75) is 0 Å². The zero-order chi connectivity index (χ0) is 14.4. The molecule has 102 valence electrons. The van der Waals surface area contributed by atoms with Crippen LogP contribution in [0.3, 0.4) is 0 Å². The number of hydrogen-bond acceptors (Lipinski definition) is 1. The predicted molar refractivity (Wildman–Crippen MR) is 93.7 cm³/mol. The van der Waals surface area contributed by atoms with Crippen molar-refractivity contribution in [2.75, 3.05) is 0 Å². The Bertz CT molecular complexity index is 1020. The maximum Gasteiger partial charge on any atom is 0.182 e. The summed E-state index contributed by atoms with van der Waals surface area (Å²) < 4.78 is 3.84. The van der Waals surface area contributed by atoms with E-state index in [9.17, 15) is 0 Å². The average Bonchev–Trinajstić information content (AvgIpc) is 2.81. The minimum atomic E-state index is 0.708. The number of aromatic nitrogens is 2. The molecule has 1 heterocycles. The highest BCUT2D eigenvalue weighted by molar-refractivity contribution is 9.10. The van der Waals surface area contributed by atoms with Gasteiger partial charge >= 0.3 is 0 Å². The van der Waals surface area contributed by atoms with Gasteiger partial charge in [0, 0.05) is 9.86 Å². The summed E-state index contributed by atoms with van der Waals surface area (Å²) in [6, 6.07) is 20.8. The molecule has 0 bridgehead atoms. The fourth-order valence-electron chi connectivity index (χ4n) is 2.73. The second-order valence-corrected chi connectivity index (χ2v) is 6.23. The van der Waals surface area contributed by atoms with E-state index >= 15 is 0 Å². The van der Waals surface area contributed by atoms with E-state index < -0.39 is 0 Å². The normalized spacial score (nSPS) is 11.3. The average molecular weight is 355 g/mol. The lowest BCUT2D eigenvalue weighted by Crippen LogP contribution is -1.95. The monoisotopic (exact) mass is 354 g/mol. The van der Waals surface area contributed by atoms with Gasteiger partial charge in [0.1, 0.15) is 0 Å². The molecule has 0 aliphatic carbocycles. The van der Waals surface area contributed by atoms with E-state index in [-0.39, 0.29) is 0 Å². The molecule has 1 N–H and O–H groups in total. The van der Waals surface area contributed by atoms with Crippen LogP contribution in [0.1, 0.15) is 0 Å². The van der Waals surface area contributed by atoms with E-state index in [0.717, 1.165) is 21.2 Å². The maximum absolute atomic E-state index is 5.53. The first-order valence-electron chi connectivity index (χ1n) is 6.62. The molecule has 0 atom stereocenters. The van der Waals surface area contributed by atoms with Crippen LogP contribution in [0.25, 0.3) is 27.5 Å². The molecule has 3 aromatic carbocycles. The SMILES string of the molecule is S=c1[nH]c2cc(Br)ccc2n1-c1cccc2ccccc12. The number of fused-ring (bicyclic) bond motifs is 2. The van der Waals surface area contributed by atoms with Gasteiger partial charge in [-0.1, -0.05) is 52.3 Å². The van der Waals surface area contributed by atoms with Crippen LogP contribution in [0.5, 0.6) is 0 Å². The van der Waals surface area contributed by atoms with Crippen molar-refractivity contribution in [3.63, 3.8) is 0 Å². The second-order valence-electron chi connectivity index (χ2n) is 4.93. The second kappa shape index (κ2) is 4.83. The maximum atomic E-state index is 5.53. The lowest BCUT2D eigenvalue weighted by molar-refractivity contribution is 1.08. The largest absolute Gasteiger partial charge is 0.330 e. The van der Waals surface area contributed by atoms with Crippen LogP contribution in [-0.4, -0.2) is 9.55 Å². The molecule has 0 saturated carbocycles. The Hall–Kier alpha value is -1.91. The highest BCUT2D eigenvalue weighted by atomic mass is 79.9. The molecule has 0 saturated heterocycles. The van der Waals surface area contributed by atoms with Gasteiger partial charge in [0.05, 0.1) is 16.7 Å². The molecular formula is C17H11BrN2S. The summed E-state index contributed by atoms with van der Waals surface area (Å²) in [6.07, 6.45) is 0. The van der Waals surface area contributed by atoms with Crippen LogP contribution in [-0.2, 0) is 0 Å². The van der Waals surface area contributed by atoms with Crippen molar-refractivity contribution in [2.24, 2.45) is 0 Å². The quantitative estimate of drug-likeness (QED) is 0.441. The van der Waals surface area contributed by atoms with E-state index in [4.69, 9.17) is 12.2 Å². The molecule has 0 aliphatic rings. The number of hydrogen-bond donors (Lipinski definition) is 1. The van der Waals surface area contributed by atoms with Crippen molar-refractivity contribution in [1.82, 2.24) is 9.55 Å². The van der Waals surface area contributed by atoms with Gasteiger partial charge in [0.2, 0.25) is 0 Å². The molecule has 4 rings (SSSR count). The Labute approximate surface area is 135 Å². The molecule has 1 aromatic heterocycles. The van der Waals surface area contributed by atoms with E-state index in [1.165, 1.54) is 10.8 Å². The van der Waals surface area contributed by atoms with E-state index in [1.807, 2.05) is 12.1 Å². The number of aromatic amines is 1. The van der Waals surface area contributed by atoms with Crippen LogP contribution in [0.4, 0.5) is 0 Å². The fraction of sp³-hybridized carbons (Fsp3) is 0. The predicted octanol–water partition coefficient (Wildman–Crippen LogP) is 5.60. The Kier molecular flexibility index (Phi) is 2.94. The standard InChI is InChI=1S/C17H11BrN2S/c18-12-8-9-16-14(10-12)19-17(21)20(16)15-7-3-5-11-4-1-2-6-13(11)15/h1-10H,(H,19,21). The molecule has 21 heavy (non-hydrogen) atoms. The van der Waals surface area contributed by atoms with Crippen LogP contribution >= 0.6 is 28.1 Å². The molecule has 4 aromatic rings. The number of nitrogens with zero attached hydrogens (tertiary/aromatic N) is 1. The summed E-state index contributed by atoms with van der Waals surface area (Å²) in [5.41, 5.74) is 3.22. The number of nitrogens with one attached hydrogen (secondary N) is 1. The third kappa shape index (κ3) is 2.03. The molecule has 0 fully saturated rings. The van der Waals surface area contributed by atoms with Gasteiger partial charge in [0.25, 0.3) is 0 Å². The molecule has 0 spiro atoms. The third-order valence-electron chi connectivity index (χ3n) is 3.65. The van der Waals surface area contributed by atoms with Crippen LogP contribution in [0.2, 0.25) is 0 Å². The number of halogens is 1. The van der Waals surface area contributed by atoms with Gasteiger partial charge < -0.3 is 4.98 Å². The highest BCUT2D eigenvalue weighted by Crippen LogP contribution is 2.27. The number of benzene rings is 3. The summed E-state index contributed by atoms with van der Waals surface area (Å²) >= 11 is 9.03. The lowest BCUT2D eigenvalue weighted by atomic mass is 10.1. The van der Waals surface area contributed by atoms with Crippen molar-refractivity contribution in [1.29, 1.82) is 0 Å². The van der Waals surface area contributed by atoms with Crippen LogP contribution in [0.15, 0.2) is 65.1 Å². The fourth-order valence-corrected chi connectivity index (χ4v) is 3.39. The van der Waals surface area contributed by atoms with Gasteiger partial charge in [-0.2, -0.15) is 0 Å². The number of imidazole rings is 1. The highest BCUT2D eigenvalue weighted by Gasteiger charge is 2.09. The molecule has 0 aliphatic heterocycles. The first kappa shape index (κ1) is 12.8. The lowest BCUT2D eigenvalue weighted by Gasteiger charge is -2.09. The molecule has 0 radical (unpaired) electrons. The first-order chi connectivity index (χ1) is 10.2. The topological polar surface area (TPSA) is 20.7 Å². The molecule has 0 unspecified atom stereocenters. The Balaban J connectivity index is 2.14. The zero-order valence-electron chi connectivity index (χ0n) is 11.0. The summed E-state index contributed by atoms with van der Waals surface area (Å²) in [7, 11) is 0. The minimum absolute atomic E-state index is 0.708. The molecule has 2 nitrogen and oxygen atoms in total. The molecule has 4 heteroatoms. The Morgan fingerprint density at radius 1 is 0.952 bits per heavy atom. The minimum Gasteiger partial charge on any atom is -0.330 e. The Morgan fingerprint density at radius 2 is 1.76 bits per heavy atom. The summed E-state index contributed by atoms with van der Waals surface area (Å²) in [5.74, 6) is 0. The van der Waals surface area contributed by atoms with Gasteiger partial charge in [0.15, 0.2) is 4.77 Å². The van der Waals surface area contributed by atoms with Gasteiger partial charge in [-0.25, -0.2) is 0 Å². The van der Waals surface area contributed by atoms with Gasteiger partial charge in [-0.15, -0.1) is 0 Å². The summed E-state index contributed by atoms with van der Waals surface area (Å²) in [4.78, 5) is 3.28. The van der Waals surface area contributed by atoms with E-state index in [2.05, 4.69) is 74.0 Å². The first-order valence-corrected chi connectivity index (χ1v) is 7.82. The summed E-state index contributed by atoms with van der Waals surface area (Å²) in [6.45, 7) is 0. The van der Waals surface area contributed by atoms with E-state index in [1.54, 1.807) is 0 Å². The van der Waals surface area contributed by atoms with Crippen molar-refractivity contribution in [3.05, 3.63) is 69.9 Å². The van der Waals surface area contributed by atoms with Crippen LogP contribution < -0.4 is 0 Å². The van der Waals surface area contributed by atoms with Crippen molar-refractivity contribution < 1.29 is 0 Å².